The molecule has 0 saturated carbocycles. The van der Waals surface area contributed by atoms with Crippen molar-refractivity contribution in [3.05, 3.63) is 118 Å². The molecule has 3 heteroatoms. The van der Waals surface area contributed by atoms with Crippen LogP contribution in [-0.2, 0) is 6.42 Å². The number of benzene rings is 3. The molecule has 0 spiro atoms. The van der Waals surface area contributed by atoms with E-state index in [0.717, 1.165) is 16.7 Å². The van der Waals surface area contributed by atoms with Crippen LogP contribution in [0.1, 0.15) is 16.7 Å². The number of nitrogens with zero attached hydrogens (tertiary/aromatic N) is 3. The molecule has 0 fully saturated rings. The summed E-state index contributed by atoms with van der Waals surface area (Å²) in [4.78, 5) is 3.07. The molecule has 24 heavy (non-hydrogen) atoms. The molecular formula is C21H17N3. The summed E-state index contributed by atoms with van der Waals surface area (Å²) in [6.45, 7) is 0. The van der Waals surface area contributed by atoms with Crippen molar-refractivity contribution < 1.29 is 0 Å². The fraction of sp³-hybridized carbons (Fsp3) is 0.0476. The third-order valence-corrected chi connectivity index (χ3v) is 3.82. The quantitative estimate of drug-likeness (QED) is 0.236. The van der Waals surface area contributed by atoms with Crippen molar-refractivity contribution in [1.29, 1.82) is 0 Å². The lowest BCUT2D eigenvalue weighted by Gasteiger charge is -2.13. The molecule has 0 heterocycles. The maximum Gasteiger partial charge on any atom is 0.0489 e. The number of rotatable bonds is 5. The third kappa shape index (κ3) is 3.72. The summed E-state index contributed by atoms with van der Waals surface area (Å²) < 4.78 is 0. The Balaban J connectivity index is 2.19. The Morgan fingerprint density at radius 3 is 1.75 bits per heavy atom. The van der Waals surface area contributed by atoms with E-state index in [2.05, 4.69) is 22.2 Å². The number of azide groups is 1. The van der Waals surface area contributed by atoms with Crippen LogP contribution in [0.25, 0.3) is 21.7 Å². The SMILES string of the molecule is [N-]=[N+]=N/C(=C(/Cc1ccccc1)c1ccccc1)c1ccccc1. The highest BCUT2D eigenvalue weighted by Crippen LogP contribution is 2.30. The third-order valence-electron chi connectivity index (χ3n) is 3.82. The first kappa shape index (κ1) is 15.6. The number of hydrogen-bond donors (Lipinski definition) is 0. The lowest BCUT2D eigenvalue weighted by Crippen LogP contribution is -1.95. The van der Waals surface area contributed by atoms with E-state index < -0.39 is 0 Å². The molecule has 0 atom stereocenters. The van der Waals surface area contributed by atoms with Crippen LogP contribution in [0, 0.1) is 0 Å². The summed E-state index contributed by atoms with van der Waals surface area (Å²) in [6.07, 6.45) is 0.702. The van der Waals surface area contributed by atoms with Crippen molar-refractivity contribution in [1.82, 2.24) is 0 Å². The largest absolute Gasteiger partial charge is 0.0622 e. The van der Waals surface area contributed by atoms with E-state index in [4.69, 9.17) is 5.53 Å². The predicted molar refractivity (Wildman–Crippen MR) is 99.0 cm³/mol. The van der Waals surface area contributed by atoms with Crippen molar-refractivity contribution in [2.45, 2.75) is 6.42 Å². The molecule has 3 nitrogen and oxygen atoms in total. The van der Waals surface area contributed by atoms with Gasteiger partial charge in [-0.2, -0.15) is 0 Å². The van der Waals surface area contributed by atoms with Gasteiger partial charge in [0.1, 0.15) is 0 Å². The molecule has 0 aromatic heterocycles. The normalized spacial score (nSPS) is 11.3. The summed E-state index contributed by atoms with van der Waals surface area (Å²) in [5.74, 6) is 0. The zero-order valence-electron chi connectivity index (χ0n) is 13.2. The van der Waals surface area contributed by atoms with Crippen LogP contribution in [0.2, 0.25) is 0 Å². The highest BCUT2D eigenvalue weighted by molar-refractivity contribution is 5.91. The summed E-state index contributed by atoms with van der Waals surface area (Å²) in [5.41, 5.74) is 13.9. The molecule has 0 aliphatic heterocycles. The molecule has 3 aromatic carbocycles. The van der Waals surface area contributed by atoms with Gasteiger partial charge in [0.15, 0.2) is 0 Å². The Bertz CT molecular complexity index is 863. The Labute approximate surface area is 141 Å². The van der Waals surface area contributed by atoms with Crippen molar-refractivity contribution in [3.63, 3.8) is 0 Å². The smallest absolute Gasteiger partial charge is 0.0489 e. The zero-order chi connectivity index (χ0) is 16.6. The second-order valence-corrected chi connectivity index (χ2v) is 5.41. The molecule has 0 N–H and O–H groups in total. The molecule has 0 amide bonds. The van der Waals surface area contributed by atoms with Gasteiger partial charge in [-0.15, -0.1) is 0 Å². The van der Waals surface area contributed by atoms with Gasteiger partial charge >= 0.3 is 0 Å². The monoisotopic (exact) mass is 311 g/mol. The van der Waals surface area contributed by atoms with Crippen LogP contribution in [0.15, 0.2) is 96.1 Å². The lowest BCUT2D eigenvalue weighted by atomic mass is 9.94. The van der Waals surface area contributed by atoms with Crippen LogP contribution in [0.5, 0.6) is 0 Å². The molecule has 3 rings (SSSR count). The highest BCUT2D eigenvalue weighted by Gasteiger charge is 2.11. The molecule has 0 radical (unpaired) electrons. The van der Waals surface area contributed by atoms with Gasteiger partial charge in [0.25, 0.3) is 0 Å². The Kier molecular flexibility index (Phi) is 5.08. The van der Waals surface area contributed by atoms with E-state index in [9.17, 15) is 0 Å². The fourth-order valence-electron chi connectivity index (χ4n) is 2.69. The maximum absolute atomic E-state index is 9.08. The highest BCUT2D eigenvalue weighted by atomic mass is 15.1. The first-order valence-corrected chi connectivity index (χ1v) is 7.81. The lowest BCUT2D eigenvalue weighted by molar-refractivity contribution is 1.27. The molecular weight excluding hydrogens is 294 g/mol. The first-order chi connectivity index (χ1) is 11.9. The molecule has 0 aliphatic carbocycles. The average molecular weight is 311 g/mol. The van der Waals surface area contributed by atoms with E-state index in [-0.39, 0.29) is 0 Å². The minimum atomic E-state index is 0.674. The molecule has 0 unspecified atom stereocenters. The standard InChI is InChI=1S/C21H17N3/c22-24-23-21(19-14-8-3-9-15-19)20(18-12-6-2-7-13-18)16-17-10-4-1-5-11-17/h1-15H,16H2/b21-20-. The molecule has 0 aliphatic rings. The van der Waals surface area contributed by atoms with Crippen molar-refractivity contribution >= 4 is 11.3 Å². The van der Waals surface area contributed by atoms with Crippen molar-refractivity contribution in [3.8, 4) is 0 Å². The summed E-state index contributed by atoms with van der Waals surface area (Å²) in [6, 6.07) is 30.1. The van der Waals surface area contributed by atoms with E-state index in [0.29, 0.717) is 12.1 Å². The Morgan fingerprint density at radius 1 is 0.708 bits per heavy atom. The average Bonchev–Trinajstić information content (AvgIpc) is 2.67. The van der Waals surface area contributed by atoms with Crippen molar-refractivity contribution in [2.24, 2.45) is 5.11 Å². The molecule has 3 aromatic rings. The van der Waals surface area contributed by atoms with Crippen LogP contribution in [0.4, 0.5) is 0 Å². The number of allylic oxidation sites excluding steroid dienone is 1. The molecule has 0 saturated heterocycles. The van der Waals surface area contributed by atoms with Crippen molar-refractivity contribution in [2.75, 3.05) is 0 Å². The van der Waals surface area contributed by atoms with Crippen LogP contribution in [0.3, 0.4) is 0 Å². The summed E-state index contributed by atoms with van der Waals surface area (Å²) >= 11 is 0. The first-order valence-electron chi connectivity index (χ1n) is 7.81. The minimum Gasteiger partial charge on any atom is -0.0622 e. The van der Waals surface area contributed by atoms with E-state index >= 15 is 0 Å². The molecule has 0 bridgehead atoms. The van der Waals surface area contributed by atoms with E-state index in [1.807, 2.05) is 78.9 Å². The fourth-order valence-corrected chi connectivity index (χ4v) is 2.69. The topological polar surface area (TPSA) is 48.8 Å². The molecule has 116 valence electrons. The van der Waals surface area contributed by atoms with Crippen LogP contribution in [-0.4, -0.2) is 0 Å². The van der Waals surface area contributed by atoms with E-state index in [1.165, 1.54) is 5.56 Å². The number of hydrogen-bond acceptors (Lipinski definition) is 1. The van der Waals surface area contributed by atoms with Gasteiger partial charge in [0.05, 0.1) is 0 Å². The van der Waals surface area contributed by atoms with Gasteiger partial charge in [0.2, 0.25) is 0 Å². The van der Waals surface area contributed by atoms with Gasteiger partial charge in [-0.1, -0.05) is 96.1 Å². The zero-order valence-corrected chi connectivity index (χ0v) is 13.2. The van der Waals surface area contributed by atoms with Gasteiger partial charge in [-0.3, -0.25) is 0 Å². The van der Waals surface area contributed by atoms with Gasteiger partial charge < -0.3 is 0 Å². The minimum absolute atomic E-state index is 0.674. The van der Waals surface area contributed by atoms with Gasteiger partial charge in [-0.25, -0.2) is 0 Å². The second-order valence-electron chi connectivity index (χ2n) is 5.41. The second kappa shape index (κ2) is 7.82. The summed E-state index contributed by atoms with van der Waals surface area (Å²) in [7, 11) is 0. The van der Waals surface area contributed by atoms with Gasteiger partial charge in [-0.05, 0) is 34.2 Å². The summed E-state index contributed by atoms with van der Waals surface area (Å²) in [5, 5.41) is 4.03. The van der Waals surface area contributed by atoms with Gasteiger partial charge in [0, 0.05) is 10.6 Å². The Hall–Kier alpha value is -3.29. The van der Waals surface area contributed by atoms with Crippen LogP contribution < -0.4 is 0 Å². The van der Waals surface area contributed by atoms with Crippen LogP contribution >= 0.6 is 0 Å². The predicted octanol–water partition coefficient (Wildman–Crippen LogP) is 6.11. The van der Waals surface area contributed by atoms with E-state index in [1.54, 1.807) is 0 Å². The Morgan fingerprint density at radius 2 is 1.21 bits per heavy atom. The maximum atomic E-state index is 9.08.